The zero-order chi connectivity index (χ0) is 12.0. The highest BCUT2D eigenvalue weighted by atomic mass is 16.5. The third-order valence-corrected chi connectivity index (χ3v) is 2.24. The number of rotatable bonds is 6. The van der Waals surface area contributed by atoms with Crippen molar-refractivity contribution in [3.63, 3.8) is 0 Å². The van der Waals surface area contributed by atoms with Gasteiger partial charge in [0.1, 0.15) is 5.75 Å². The predicted molar refractivity (Wildman–Crippen MR) is 61.3 cm³/mol. The van der Waals surface area contributed by atoms with E-state index >= 15 is 0 Å². The Balaban J connectivity index is 2.48. The fourth-order valence-electron chi connectivity index (χ4n) is 1.36. The molecule has 88 valence electrons. The normalized spacial score (nSPS) is 12.1. The second kappa shape index (κ2) is 6.12. The first-order chi connectivity index (χ1) is 7.61. The highest BCUT2D eigenvalue weighted by molar-refractivity contribution is 5.66. The second-order valence-corrected chi connectivity index (χ2v) is 3.71. The Hall–Kier alpha value is -1.55. The first-order valence-corrected chi connectivity index (χ1v) is 5.29. The lowest BCUT2D eigenvalue weighted by molar-refractivity contribution is -0.137. The van der Waals surface area contributed by atoms with Crippen LogP contribution in [0.3, 0.4) is 0 Å². The molecule has 4 heteroatoms. The lowest BCUT2D eigenvalue weighted by Crippen LogP contribution is -2.13. The SMILES string of the molecule is CC(CCC(=O)O)Oc1cccc(CN)c1. The van der Waals surface area contributed by atoms with Crippen molar-refractivity contribution in [1.29, 1.82) is 0 Å². The fourth-order valence-corrected chi connectivity index (χ4v) is 1.36. The summed E-state index contributed by atoms with van der Waals surface area (Å²) in [7, 11) is 0. The van der Waals surface area contributed by atoms with E-state index in [0.29, 0.717) is 13.0 Å². The summed E-state index contributed by atoms with van der Waals surface area (Å²) < 4.78 is 5.59. The van der Waals surface area contributed by atoms with Gasteiger partial charge in [-0.15, -0.1) is 0 Å². The van der Waals surface area contributed by atoms with Crippen LogP contribution in [0.25, 0.3) is 0 Å². The Morgan fingerprint density at radius 3 is 2.94 bits per heavy atom. The summed E-state index contributed by atoms with van der Waals surface area (Å²) in [5, 5.41) is 8.54. The van der Waals surface area contributed by atoms with E-state index in [1.807, 2.05) is 31.2 Å². The Labute approximate surface area is 95.0 Å². The molecule has 0 radical (unpaired) electrons. The average Bonchev–Trinajstić information content (AvgIpc) is 2.26. The maximum absolute atomic E-state index is 10.4. The molecule has 4 nitrogen and oxygen atoms in total. The van der Waals surface area contributed by atoms with Crippen LogP contribution in [0.4, 0.5) is 0 Å². The monoisotopic (exact) mass is 223 g/mol. The van der Waals surface area contributed by atoms with Crippen molar-refractivity contribution in [3.8, 4) is 5.75 Å². The van der Waals surface area contributed by atoms with Crippen molar-refractivity contribution in [2.24, 2.45) is 5.73 Å². The third kappa shape index (κ3) is 4.31. The van der Waals surface area contributed by atoms with Gasteiger partial charge >= 0.3 is 5.97 Å². The number of carboxylic acids is 1. The molecule has 0 spiro atoms. The maximum atomic E-state index is 10.4. The summed E-state index contributed by atoms with van der Waals surface area (Å²) >= 11 is 0. The highest BCUT2D eigenvalue weighted by Crippen LogP contribution is 2.16. The van der Waals surface area contributed by atoms with Gasteiger partial charge in [0.15, 0.2) is 0 Å². The number of aliphatic carboxylic acids is 1. The molecule has 0 fully saturated rings. The molecule has 3 N–H and O–H groups in total. The van der Waals surface area contributed by atoms with Gasteiger partial charge in [0.05, 0.1) is 6.10 Å². The Morgan fingerprint density at radius 1 is 1.56 bits per heavy atom. The Bertz CT molecular complexity index is 352. The molecule has 0 saturated carbocycles. The molecule has 1 atom stereocenters. The summed E-state index contributed by atoms with van der Waals surface area (Å²) in [6.45, 7) is 2.33. The number of ether oxygens (including phenoxy) is 1. The standard InChI is InChI=1S/C12H17NO3/c1-9(5-6-12(14)15)16-11-4-2-3-10(7-11)8-13/h2-4,7,9H,5-6,8,13H2,1H3,(H,14,15). The van der Waals surface area contributed by atoms with E-state index in [0.717, 1.165) is 11.3 Å². The molecule has 0 aliphatic carbocycles. The average molecular weight is 223 g/mol. The van der Waals surface area contributed by atoms with Gasteiger partial charge in [-0.25, -0.2) is 0 Å². The van der Waals surface area contributed by atoms with E-state index in [2.05, 4.69) is 0 Å². The second-order valence-electron chi connectivity index (χ2n) is 3.71. The van der Waals surface area contributed by atoms with Gasteiger partial charge in [-0.05, 0) is 31.0 Å². The van der Waals surface area contributed by atoms with Gasteiger partial charge in [-0.2, -0.15) is 0 Å². The van der Waals surface area contributed by atoms with Crippen molar-refractivity contribution < 1.29 is 14.6 Å². The number of hydrogen-bond donors (Lipinski definition) is 2. The van der Waals surface area contributed by atoms with E-state index in [4.69, 9.17) is 15.6 Å². The van der Waals surface area contributed by atoms with Gasteiger partial charge in [0, 0.05) is 13.0 Å². The lowest BCUT2D eigenvalue weighted by atomic mass is 10.2. The minimum atomic E-state index is -0.800. The van der Waals surface area contributed by atoms with Crippen molar-refractivity contribution in [2.75, 3.05) is 0 Å². The van der Waals surface area contributed by atoms with Crippen molar-refractivity contribution >= 4 is 5.97 Å². The fraction of sp³-hybridized carbons (Fsp3) is 0.417. The molecule has 1 aromatic carbocycles. The summed E-state index contributed by atoms with van der Waals surface area (Å²) in [5.74, 6) is -0.0630. The van der Waals surface area contributed by atoms with Gasteiger partial charge in [-0.1, -0.05) is 12.1 Å². The molecule has 0 heterocycles. The van der Waals surface area contributed by atoms with Crippen molar-refractivity contribution in [2.45, 2.75) is 32.4 Å². The maximum Gasteiger partial charge on any atom is 0.303 e. The lowest BCUT2D eigenvalue weighted by Gasteiger charge is -2.14. The smallest absolute Gasteiger partial charge is 0.303 e. The molecule has 1 unspecified atom stereocenters. The molecule has 1 rings (SSSR count). The zero-order valence-electron chi connectivity index (χ0n) is 9.35. The van der Waals surface area contributed by atoms with E-state index in [1.54, 1.807) is 0 Å². The van der Waals surface area contributed by atoms with Crippen LogP contribution in [0.15, 0.2) is 24.3 Å². The van der Waals surface area contributed by atoms with Crippen molar-refractivity contribution in [3.05, 3.63) is 29.8 Å². The molecule has 1 aromatic rings. The summed E-state index contributed by atoms with van der Waals surface area (Å²) in [4.78, 5) is 10.4. The molecule has 0 aliphatic rings. The third-order valence-electron chi connectivity index (χ3n) is 2.24. The highest BCUT2D eigenvalue weighted by Gasteiger charge is 2.07. The number of carboxylic acid groups (broad SMARTS) is 1. The van der Waals surface area contributed by atoms with E-state index in [-0.39, 0.29) is 12.5 Å². The van der Waals surface area contributed by atoms with Crippen LogP contribution in [0.2, 0.25) is 0 Å². The first kappa shape index (κ1) is 12.5. The van der Waals surface area contributed by atoms with Gasteiger partial charge in [-0.3, -0.25) is 4.79 Å². The predicted octanol–water partition coefficient (Wildman–Crippen LogP) is 1.78. The molecule has 0 aromatic heterocycles. The van der Waals surface area contributed by atoms with Crippen LogP contribution in [0, 0.1) is 0 Å². The number of carbonyl (C=O) groups is 1. The van der Waals surface area contributed by atoms with Gasteiger partial charge in [0.25, 0.3) is 0 Å². The van der Waals surface area contributed by atoms with Crippen LogP contribution < -0.4 is 10.5 Å². The largest absolute Gasteiger partial charge is 0.491 e. The van der Waals surface area contributed by atoms with E-state index in [9.17, 15) is 4.79 Å². The Kier molecular flexibility index (Phi) is 4.79. The van der Waals surface area contributed by atoms with Crippen molar-refractivity contribution in [1.82, 2.24) is 0 Å². The quantitative estimate of drug-likeness (QED) is 0.771. The van der Waals surface area contributed by atoms with Gasteiger partial charge < -0.3 is 15.6 Å². The molecular formula is C12H17NO3. The summed E-state index contributed by atoms with van der Waals surface area (Å²) in [6.07, 6.45) is 0.518. The number of benzene rings is 1. The minimum absolute atomic E-state index is 0.107. The van der Waals surface area contributed by atoms with Crippen LogP contribution in [0.5, 0.6) is 5.75 Å². The Morgan fingerprint density at radius 2 is 2.31 bits per heavy atom. The van der Waals surface area contributed by atoms with Crippen LogP contribution in [-0.4, -0.2) is 17.2 Å². The first-order valence-electron chi connectivity index (χ1n) is 5.29. The van der Waals surface area contributed by atoms with Crippen LogP contribution in [-0.2, 0) is 11.3 Å². The molecule has 16 heavy (non-hydrogen) atoms. The summed E-state index contributed by atoms with van der Waals surface area (Å²) in [6, 6.07) is 7.52. The molecule has 0 saturated heterocycles. The summed E-state index contributed by atoms with van der Waals surface area (Å²) in [5.41, 5.74) is 6.52. The van der Waals surface area contributed by atoms with E-state index in [1.165, 1.54) is 0 Å². The number of hydrogen-bond acceptors (Lipinski definition) is 3. The van der Waals surface area contributed by atoms with E-state index < -0.39 is 5.97 Å². The molecule has 0 amide bonds. The molecular weight excluding hydrogens is 206 g/mol. The van der Waals surface area contributed by atoms with Crippen LogP contribution >= 0.6 is 0 Å². The molecule has 0 bridgehead atoms. The number of nitrogens with two attached hydrogens (primary N) is 1. The van der Waals surface area contributed by atoms with Crippen LogP contribution in [0.1, 0.15) is 25.3 Å². The molecule has 0 aliphatic heterocycles. The zero-order valence-corrected chi connectivity index (χ0v) is 9.35. The topological polar surface area (TPSA) is 72.5 Å². The van der Waals surface area contributed by atoms with Gasteiger partial charge in [0.2, 0.25) is 0 Å². The minimum Gasteiger partial charge on any atom is -0.491 e.